The average molecular weight is 1050 g/mol. The van der Waals surface area contributed by atoms with E-state index in [1.54, 1.807) is 93.7 Å². The molecule has 4 aromatic rings. The van der Waals surface area contributed by atoms with Crippen molar-refractivity contribution in [3.8, 4) is 23.0 Å². The number of benzene rings is 4. The molecule has 0 unspecified atom stereocenters. The lowest BCUT2D eigenvalue weighted by molar-refractivity contribution is 0.0698. The molecule has 0 saturated carbocycles. The van der Waals surface area contributed by atoms with Crippen LogP contribution in [0.4, 0.5) is 0 Å². The molecule has 4 rings (SSSR count). The highest BCUT2D eigenvalue weighted by atomic mass is 127. The highest BCUT2D eigenvalue weighted by molar-refractivity contribution is 14.1. The Morgan fingerprint density at radius 2 is 1.02 bits per heavy atom. The van der Waals surface area contributed by atoms with Crippen LogP contribution in [0.2, 0.25) is 0 Å². The maximum atomic E-state index is 13.3. The van der Waals surface area contributed by atoms with Crippen LogP contribution in [0.1, 0.15) is 31.1 Å². The Morgan fingerprint density at radius 3 is 1.40 bits per heavy atom. The number of carbonyl (C=O) groups is 3. The number of esters is 3. The van der Waals surface area contributed by atoms with Crippen LogP contribution in [0.15, 0.2) is 77.7 Å². The standard InChI is InChI=1S/C28H16I4O10S/c1-39-24-22(41-26(33)14-2-6-17(29)7-3-14)10-16(11-23(24)42-27(34)15-4-8-18(30)9-5-15)28(35)40-19-12-20(31)25(21(32)13-19)43(36,37)38/h2-13H,1H3,(H,36,37,38). The molecule has 0 fully saturated rings. The molecular weight excluding hydrogens is 1040 g/mol. The Hall–Kier alpha value is -2.08. The zero-order valence-corrected chi connectivity index (χ0v) is 30.9. The van der Waals surface area contributed by atoms with E-state index >= 15 is 0 Å². The number of rotatable bonds is 8. The summed E-state index contributed by atoms with van der Waals surface area (Å²) >= 11 is 7.57. The van der Waals surface area contributed by atoms with Crippen LogP contribution in [-0.2, 0) is 10.1 Å². The summed E-state index contributed by atoms with van der Waals surface area (Å²) in [6, 6.07) is 18.0. The van der Waals surface area contributed by atoms with Crippen molar-refractivity contribution < 1.29 is 46.3 Å². The lowest BCUT2D eigenvalue weighted by Gasteiger charge is -2.16. The smallest absolute Gasteiger partial charge is 0.343 e. The zero-order valence-electron chi connectivity index (χ0n) is 21.5. The van der Waals surface area contributed by atoms with Crippen LogP contribution in [0.25, 0.3) is 0 Å². The third-order valence-electron chi connectivity index (χ3n) is 5.47. The van der Waals surface area contributed by atoms with Gasteiger partial charge in [-0.3, -0.25) is 4.55 Å². The first-order valence-corrected chi connectivity index (χ1v) is 17.4. The van der Waals surface area contributed by atoms with E-state index in [0.29, 0.717) is 0 Å². The number of hydrogen-bond acceptors (Lipinski definition) is 9. The summed E-state index contributed by atoms with van der Waals surface area (Å²) in [6.07, 6.45) is 0. The van der Waals surface area contributed by atoms with Crippen LogP contribution in [0, 0.1) is 14.3 Å². The molecule has 0 spiro atoms. The Bertz CT molecular complexity index is 1740. The lowest BCUT2D eigenvalue weighted by Crippen LogP contribution is -2.15. The predicted octanol–water partition coefficient (Wildman–Crippen LogP) is 7.02. The Kier molecular flexibility index (Phi) is 11.3. The normalized spacial score (nSPS) is 11.0. The monoisotopic (exact) mass is 1050 g/mol. The van der Waals surface area contributed by atoms with E-state index in [0.717, 1.165) is 7.14 Å². The fraction of sp³-hybridized carbons (Fsp3) is 0.0357. The van der Waals surface area contributed by atoms with Gasteiger partial charge in [-0.15, -0.1) is 0 Å². The largest absolute Gasteiger partial charge is 0.490 e. The van der Waals surface area contributed by atoms with Gasteiger partial charge in [0.05, 0.1) is 23.8 Å². The van der Waals surface area contributed by atoms with Crippen molar-refractivity contribution in [3.63, 3.8) is 0 Å². The van der Waals surface area contributed by atoms with Crippen molar-refractivity contribution >= 4 is 118 Å². The van der Waals surface area contributed by atoms with Crippen LogP contribution in [-0.4, -0.2) is 38.0 Å². The molecule has 0 bridgehead atoms. The molecule has 15 heteroatoms. The van der Waals surface area contributed by atoms with E-state index in [2.05, 4.69) is 45.2 Å². The number of methoxy groups -OCH3 is 1. The molecule has 0 aliphatic heterocycles. The molecule has 43 heavy (non-hydrogen) atoms. The first kappa shape index (κ1) is 33.8. The van der Waals surface area contributed by atoms with Crippen LogP contribution in [0.5, 0.6) is 23.0 Å². The highest BCUT2D eigenvalue weighted by Crippen LogP contribution is 2.40. The molecule has 0 aliphatic rings. The van der Waals surface area contributed by atoms with E-state index in [1.807, 2.05) is 0 Å². The summed E-state index contributed by atoms with van der Waals surface area (Å²) in [7, 11) is -3.25. The first-order valence-electron chi connectivity index (χ1n) is 11.6. The van der Waals surface area contributed by atoms with Crippen molar-refractivity contribution in [2.24, 2.45) is 0 Å². The first-order chi connectivity index (χ1) is 20.3. The number of ether oxygens (including phenoxy) is 4. The maximum absolute atomic E-state index is 13.3. The SMILES string of the molecule is COc1c(OC(=O)c2ccc(I)cc2)cc(C(=O)Oc2cc(I)c(S(=O)(=O)O)c(I)c2)cc1OC(=O)c1ccc(I)cc1. The predicted molar refractivity (Wildman–Crippen MR) is 188 cm³/mol. The van der Waals surface area contributed by atoms with E-state index in [1.165, 1.54) is 31.4 Å². The summed E-state index contributed by atoms with van der Waals surface area (Å²) in [5, 5.41) is 0. The van der Waals surface area contributed by atoms with Crippen LogP contribution < -0.4 is 18.9 Å². The molecule has 222 valence electrons. The molecule has 1 N–H and O–H groups in total. The second-order valence-corrected chi connectivity index (χ2v) is 14.6. The summed E-state index contributed by atoms with van der Waals surface area (Å²) in [4.78, 5) is 38.9. The fourth-order valence-corrected chi connectivity index (χ4v) is 8.26. The summed E-state index contributed by atoms with van der Waals surface area (Å²) in [6.45, 7) is 0. The summed E-state index contributed by atoms with van der Waals surface area (Å²) < 4.78 is 57.0. The minimum Gasteiger partial charge on any atom is -0.490 e. The fourth-order valence-electron chi connectivity index (χ4n) is 3.54. The minimum atomic E-state index is -4.52. The molecule has 0 aliphatic carbocycles. The van der Waals surface area contributed by atoms with Gasteiger partial charge in [0.2, 0.25) is 5.75 Å². The van der Waals surface area contributed by atoms with Crippen molar-refractivity contribution in [1.82, 2.24) is 0 Å². The zero-order chi connectivity index (χ0) is 31.5. The Labute approximate surface area is 300 Å². The van der Waals surface area contributed by atoms with Gasteiger partial charge in [-0.2, -0.15) is 8.42 Å². The van der Waals surface area contributed by atoms with Gasteiger partial charge in [0.15, 0.2) is 11.5 Å². The van der Waals surface area contributed by atoms with Gasteiger partial charge < -0.3 is 18.9 Å². The molecular formula is C28H16I4O10S. The Balaban J connectivity index is 1.74. The van der Waals surface area contributed by atoms with Crippen molar-refractivity contribution in [2.75, 3.05) is 7.11 Å². The minimum absolute atomic E-state index is 0.0307. The van der Waals surface area contributed by atoms with E-state index in [4.69, 9.17) is 18.9 Å². The van der Waals surface area contributed by atoms with E-state index in [-0.39, 0.29) is 51.7 Å². The van der Waals surface area contributed by atoms with Gasteiger partial charge in [-0.25, -0.2) is 14.4 Å². The second kappa shape index (κ2) is 14.3. The molecule has 10 nitrogen and oxygen atoms in total. The Morgan fingerprint density at radius 1 is 0.628 bits per heavy atom. The topological polar surface area (TPSA) is 142 Å². The molecule has 0 atom stereocenters. The van der Waals surface area contributed by atoms with Crippen LogP contribution >= 0.6 is 90.4 Å². The average Bonchev–Trinajstić information content (AvgIpc) is 2.92. The van der Waals surface area contributed by atoms with Gasteiger partial charge in [0.1, 0.15) is 10.6 Å². The van der Waals surface area contributed by atoms with E-state index < -0.39 is 28.0 Å². The quantitative estimate of drug-likeness (QED) is 0.0848. The molecule has 0 radical (unpaired) electrons. The molecule has 0 heterocycles. The summed E-state index contributed by atoms with van der Waals surface area (Å²) in [5.74, 6) is -3.09. The van der Waals surface area contributed by atoms with Crippen molar-refractivity contribution in [1.29, 1.82) is 0 Å². The third kappa shape index (κ3) is 8.55. The van der Waals surface area contributed by atoms with Crippen LogP contribution in [0.3, 0.4) is 0 Å². The highest BCUT2D eigenvalue weighted by Gasteiger charge is 2.25. The number of hydrogen-bond donors (Lipinski definition) is 1. The second-order valence-electron chi connectivity index (χ2n) is 8.38. The van der Waals surface area contributed by atoms with Gasteiger partial charge in [-0.1, -0.05) is 0 Å². The van der Waals surface area contributed by atoms with Gasteiger partial charge in [0, 0.05) is 14.3 Å². The lowest BCUT2D eigenvalue weighted by atomic mass is 10.1. The van der Waals surface area contributed by atoms with Gasteiger partial charge in [-0.05, 0) is 163 Å². The van der Waals surface area contributed by atoms with Gasteiger partial charge in [0.25, 0.3) is 10.1 Å². The van der Waals surface area contributed by atoms with Crippen molar-refractivity contribution in [3.05, 3.63) is 104 Å². The number of carbonyl (C=O) groups excluding carboxylic acids is 3. The van der Waals surface area contributed by atoms with Crippen molar-refractivity contribution in [2.45, 2.75) is 4.90 Å². The van der Waals surface area contributed by atoms with Gasteiger partial charge >= 0.3 is 17.9 Å². The molecule has 0 saturated heterocycles. The third-order valence-corrected chi connectivity index (χ3v) is 10.3. The van der Waals surface area contributed by atoms with E-state index in [9.17, 15) is 27.4 Å². The summed E-state index contributed by atoms with van der Waals surface area (Å²) in [5.41, 5.74) is 0.257. The maximum Gasteiger partial charge on any atom is 0.343 e. The molecule has 0 aromatic heterocycles. The molecule has 4 aromatic carbocycles. The molecule has 0 amide bonds. The number of halogens is 4.